The van der Waals surface area contributed by atoms with Crippen LogP contribution in [0.5, 0.6) is 11.5 Å². The molecule has 19 heavy (non-hydrogen) atoms. The normalized spacial score (nSPS) is 13.6. The molecule has 0 saturated carbocycles. The van der Waals surface area contributed by atoms with Crippen molar-refractivity contribution in [1.29, 1.82) is 0 Å². The predicted molar refractivity (Wildman–Crippen MR) is 65.0 cm³/mol. The number of phenols is 2. The zero-order valence-electron chi connectivity index (χ0n) is 10.3. The molecule has 1 rings (SSSR count). The van der Waals surface area contributed by atoms with E-state index >= 15 is 0 Å². The van der Waals surface area contributed by atoms with Crippen LogP contribution in [0.1, 0.15) is 23.7 Å². The number of nitrogens with one attached hydrogen (secondary N) is 1. The third-order valence-electron chi connectivity index (χ3n) is 2.40. The van der Waals surface area contributed by atoms with Crippen molar-refractivity contribution in [2.45, 2.75) is 18.9 Å². The van der Waals surface area contributed by atoms with Gasteiger partial charge < -0.3 is 25.7 Å². The number of carboxylic acid groups (broad SMARTS) is 1. The van der Waals surface area contributed by atoms with Gasteiger partial charge >= 0.3 is 5.97 Å². The molecule has 1 aromatic carbocycles. The van der Waals surface area contributed by atoms with Crippen LogP contribution in [0.2, 0.25) is 0 Å². The van der Waals surface area contributed by atoms with Crippen molar-refractivity contribution < 1.29 is 30.0 Å². The van der Waals surface area contributed by atoms with Crippen molar-refractivity contribution in [3.05, 3.63) is 23.8 Å². The molecule has 0 heterocycles. The summed E-state index contributed by atoms with van der Waals surface area (Å²) in [6, 6.07) is 3.51. The Bertz CT molecular complexity index is 497. The molecule has 0 aliphatic carbocycles. The van der Waals surface area contributed by atoms with Crippen LogP contribution in [-0.4, -0.2) is 44.4 Å². The average Bonchev–Trinajstić information content (AvgIpc) is 2.28. The molecule has 0 saturated heterocycles. The van der Waals surface area contributed by atoms with Crippen LogP contribution >= 0.6 is 0 Å². The lowest BCUT2D eigenvalue weighted by Gasteiger charge is -2.21. The van der Waals surface area contributed by atoms with Gasteiger partial charge in [0.05, 0.1) is 12.0 Å². The summed E-state index contributed by atoms with van der Waals surface area (Å²) >= 11 is 0. The molecule has 0 aromatic heterocycles. The largest absolute Gasteiger partial charge is 0.504 e. The molecule has 104 valence electrons. The SMILES string of the molecule is CC(O)(CNC(=O)c1ccc(O)c(O)c1)CC(=O)O. The number of amides is 1. The zero-order chi connectivity index (χ0) is 14.6. The highest BCUT2D eigenvalue weighted by molar-refractivity contribution is 5.94. The van der Waals surface area contributed by atoms with Gasteiger partial charge in [-0.3, -0.25) is 9.59 Å². The maximum Gasteiger partial charge on any atom is 0.306 e. The number of carbonyl (C=O) groups is 2. The number of aliphatic hydroxyl groups is 1. The minimum absolute atomic E-state index is 0.0847. The molecular formula is C12H15NO6. The van der Waals surface area contributed by atoms with Crippen molar-refractivity contribution in [2.75, 3.05) is 6.54 Å². The van der Waals surface area contributed by atoms with Crippen LogP contribution in [0.4, 0.5) is 0 Å². The molecule has 0 aliphatic heterocycles. The monoisotopic (exact) mass is 269 g/mol. The van der Waals surface area contributed by atoms with Gasteiger partial charge in [-0.2, -0.15) is 0 Å². The quantitative estimate of drug-likeness (QED) is 0.481. The van der Waals surface area contributed by atoms with E-state index < -0.39 is 29.6 Å². The molecule has 7 nitrogen and oxygen atoms in total. The predicted octanol–water partition coefficient (Wildman–Crippen LogP) is 0.0533. The van der Waals surface area contributed by atoms with Gasteiger partial charge in [0.2, 0.25) is 0 Å². The second kappa shape index (κ2) is 5.57. The van der Waals surface area contributed by atoms with Crippen molar-refractivity contribution in [3.8, 4) is 11.5 Å². The Hall–Kier alpha value is -2.28. The van der Waals surface area contributed by atoms with Gasteiger partial charge in [0.25, 0.3) is 5.91 Å². The molecule has 0 aliphatic rings. The van der Waals surface area contributed by atoms with Gasteiger partial charge in [0, 0.05) is 12.1 Å². The summed E-state index contributed by atoms with van der Waals surface area (Å²) in [5, 5.41) is 38.9. The van der Waals surface area contributed by atoms with Crippen molar-refractivity contribution in [2.24, 2.45) is 0 Å². The molecule has 7 heteroatoms. The lowest BCUT2D eigenvalue weighted by molar-refractivity contribution is -0.141. The number of rotatable bonds is 5. The highest BCUT2D eigenvalue weighted by Gasteiger charge is 2.25. The first-order valence-corrected chi connectivity index (χ1v) is 5.45. The van der Waals surface area contributed by atoms with E-state index in [1.54, 1.807) is 0 Å². The van der Waals surface area contributed by atoms with Crippen LogP contribution < -0.4 is 5.32 Å². The first-order chi connectivity index (χ1) is 8.71. The van der Waals surface area contributed by atoms with Crippen molar-refractivity contribution >= 4 is 11.9 Å². The van der Waals surface area contributed by atoms with E-state index in [0.29, 0.717) is 0 Å². The summed E-state index contributed by atoms with van der Waals surface area (Å²) in [6.07, 6.45) is -0.506. The molecular weight excluding hydrogens is 254 g/mol. The van der Waals surface area contributed by atoms with Crippen LogP contribution in [0.3, 0.4) is 0 Å². The van der Waals surface area contributed by atoms with Crippen LogP contribution in [0.25, 0.3) is 0 Å². The Morgan fingerprint density at radius 2 is 1.89 bits per heavy atom. The molecule has 0 spiro atoms. The Labute approximate surface area is 109 Å². The van der Waals surface area contributed by atoms with Crippen molar-refractivity contribution in [3.63, 3.8) is 0 Å². The number of carboxylic acids is 1. The Morgan fingerprint density at radius 1 is 1.26 bits per heavy atom. The number of hydrogen-bond acceptors (Lipinski definition) is 5. The summed E-state index contributed by atoms with van der Waals surface area (Å²) < 4.78 is 0. The number of hydrogen-bond donors (Lipinski definition) is 5. The zero-order valence-corrected chi connectivity index (χ0v) is 10.3. The molecule has 1 unspecified atom stereocenters. The topological polar surface area (TPSA) is 127 Å². The molecule has 1 amide bonds. The van der Waals surface area contributed by atoms with Gasteiger partial charge in [0.1, 0.15) is 0 Å². The van der Waals surface area contributed by atoms with Gasteiger partial charge in [-0.15, -0.1) is 0 Å². The maximum absolute atomic E-state index is 11.7. The van der Waals surface area contributed by atoms with E-state index in [2.05, 4.69) is 5.32 Å². The molecule has 0 radical (unpaired) electrons. The van der Waals surface area contributed by atoms with E-state index in [1.165, 1.54) is 13.0 Å². The number of benzene rings is 1. The van der Waals surface area contributed by atoms with E-state index in [1.807, 2.05) is 0 Å². The molecule has 5 N–H and O–H groups in total. The third kappa shape index (κ3) is 4.47. The molecule has 1 atom stereocenters. The summed E-state index contributed by atoms with van der Waals surface area (Å²) in [5.74, 6) is -2.57. The van der Waals surface area contributed by atoms with Gasteiger partial charge in [0.15, 0.2) is 11.5 Å². The fourth-order valence-electron chi connectivity index (χ4n) is 1.43. The highest BCUT2D eigenvalue weighted by Crippen LogP contribution is 2.24. The van der Waals surface area contributed by atoms with E-state index in [0.717, 1.165) is 12.1 Å². The Morgan fingerprint density at radius 3 is 2.42 bits per heavy atom. The van der Waals surface area contributed by atoms with E-state index in [9.17, 15) is 19.8 Å². The number of aliphatic carboxylic acids is 1. The standard InChI is InChI=1S/C12H15NO6/c1-12(19,5-10(16)17)6-13-11(18)7-2-3-8(14)9(15)4-7/h2-4,14-15,19H,5-6H2,1H3,(H,13,18)(H,16,17). The number of phenolic OH excluding ortho intramolecular Hbond substituents is 2. The Kier molecular flexibility index (Phi) is 4.34. The minimum Gasteiger partial charge on any atom is -0.504 e. The summed E-state index contributed by atoms with van der Waals surface area (Å²) in [5.41, 5.74) is -1.48. The minimum atomic E-state index is -1.57. The van der Waals surface area contributed by atoms with Crippen LogP contribution in [0.15, 0.2) is 18.2 Å². The summed E-state index contributed by atoms with van der Waals surface area (Å²) in [4.78, 5) is 22.2. The lowest BCUT2D eigenvalue weighted by atomic mass is 10.0. The number of carbonyl (C=O) groups excluding carboxylic acids is 1. The van der Waals surface area contributed by atoms with E-state index in [4.69, 9.17) is 10.2 Å². The molecule has 1 aromatic rings. The van der Waals surface area contributed by atoms with Gasteiger partial charge in [-0.25, -0.2) is 0 Å². The van der Waals surface area contributed by atoms with Crippen LogP contribution in [-0.2, 0) is 4.79 Å². The second-order valence-corrected chi connectivity index (χ2v) is 4.45. The van der Waals surface area contributed by atoms with Gasteiger partial charge in [-0.1, -0.05) is 0 Å². The average molecular weight is 269 g/mol. The highest BCUT2D eigenvalue weighted by atomic mass is 16.4. The fourth-order valence-corrected chi connectivity index (χ4v) is 1.43. The molecule has 0 fully saturated rings. The second-order valence-electron chi connectivity index (χ2n) is 4.45. The Balaban J connectivity index is 2.65. The molecule has 0 bridgehead atoms. The van der Waals surface area contributed by atoms with Crippen molar-refractivity contribution in [1.82, 2.24) is 5.32 Å². The third-order valence-corrected chi connectivity index (χ3v) is 2.40. The van der Waals surface area contributed by atoms with E-state index in [-0.39, 0.29) is 17.9 Å². The summed E-state index contributed by atoms with van der Waals surface area (Å²) in [6.45, 7) is 1.04. The smallest absolute Gasteiger partial charge is 0.306 e. The van der Waals surface area contributed by atoms with Crippen LogP contribution in [0, 0.1) is 0 Å². The summed E-state index contributed by atoms with van der Waals surface area (Å²) in [7, 11) is 0. The lowest BCUT2D eigenvalue weighted by Crippen LogP contribution is -2.42. The first-order valence-electron chi connectivity index (χ1n) is 5.45. The number of aromatic hydroxyl groups is 2. The fraction of sp³-hybridized carbons (Fsp3) is 0.333. The maximum atomic E-state index is 11.7. The van der Waals surface area contributed by atoms with Gasteiger partial charge in [-0.05, 0) is 25.1 Å². The first kappa shape index (κ1) is 14.8.